The minimum absolute atomic E-state index is 0.0358. The number of aliphatic hydroxyl groups excluding tert-OH is 3. The van der Waals surface area contributed by atoms with Crippen molar-refractivity contribution in [2.45, 2.75) is 97.6 Å². The second-order valence-corrected chi connectivity index (χ2v) is 13.7. The van der Waals surface area contributed by atoms with Crippen LogP contribution in [0.2, 0.25) is 0 Å². The van der Waals surface area contributed by atoms with E-state index in [1.807, 2.05) is 0 Å². The SMILES string of the molecule is CC(C)[C@@H](C)[C@@H]1C[C@@H]1[C@@H](C)[C@H]1CC[C@H]2[C@@H]3C[C@@H](O)[C@@]4(O)C=C[C@@H](O)C(=O)[C@]4(C)[C@H]3[C@H](O)C[C@]12C. The maximum Gasteiger partial charge on any atom is 0.174 e. The molecule has 4 fully saturated rings. The first-order valence-electron chi connectivity index (χ1n) is 13.8. The Morgan fingerprint density at radius 2 is 1.68 bits per heavy atom. The van der Waals surface area contributed by atoms with Gasteiger partial charge in [0.25, 0.3) is 0 Å². The molecule has 0 unspecified atom stereocenters. The Morgan fingerprint density at radius 3 is 2.32 bits per heavy atom. The van der Waals surface area contributed by atoms with Crippen LogP contribution in [0.5, 0.6) is 0 Å². The van der Waals surface area contributed by atoms with Crippen LogP contribution < -0.4 is 0 Å². The smallest absolute Gasteiger partial charge is 0.174 e. The van der Waals surface area contributed by atoms with Crippen molar-refractivity contribution < 1.29 is 25.2 Å². The van der Waals surface area contributed by atoms with Gasteiger partial charge in [-0.25, -0.2) is 0 Å². The predicted octanol–water partition coefficient (Wildman–Crippen LogP) is 3.58. The molecule has 0 saturated heterocycles. The van der Waals surface area contributed by atoms with E-state index in [0.717, 1.165) is 30.6 Å². The zero-order chi connectivity index (χ0) is 25.0. The normalized spacial score (nSPS) is 56.0. The van der Waals surface area contributed by atoms with Crippen molar-refractivity contribution in [3.63, 3.8) is 0 Å². The summed E-state index contributed by atoms with van der Waals surface area (Å²) in [6.07, 6.45) is 4.09. The number of fused-ring (bicyclic) bond motifs is 5. The molecule has 0 aromatic carbocycles. The zero-order valence-corrected chi connectivity index (χ0v) is 21.8. The van der Waals surface area contributed by atoms with Crippen molar-refractivity contribution in [2.75, 3.05) is 0 Å². The highest BCUT2D eigenvalue weighted by Crippen LogP contribution is 2.69. The maximum absolute atomic E-state index is 13.3. The van der Waals surface area contributed by atoms with E-state index in [1.165, 1.54) is 18.6 Å². The molecular weight excluding hydrogens is 428 g/mol. The number of carbonyl (C=O) groups is 1. The average Bonchev–Trinajstić information content (AvgIpc) is 3.48. The molecule has 4 saturated carbocycles. The van der Waals surface area contributed by atoms with Gasteiger partial charge in [0.15, 0.2) is 5.78 Å². The second kappa shape index (κ2) is 7.87. The lowest BCUT2D eigenvalue weighted by Crippen LogP contribution is -2.73. The largest absolute Gasteiger partial charge is 0.393 e. The van der Waals surface area contributed by atoms with Gasteiger partial charge in [-0.2, -0.15) is 0 Å². The molecule has 0 aromatic rings. The van der Waals surface area contributed by atoms with Gasteiger partial charge < -0.3 is 20.4 Å². The van der Waals surface area contributed by atoms with E-state index in [4.69, 9.17) is 0 Å². The van der Waals surface area contributed by atoms with Crippen molar-refractivity contribution in [1.29, 1.82) is 0 Å². The highest BCUT2D eigenvalue weighted by molar-refractivity contribution is 5.93. The summed E-state index contributed by atoms with van der Waals surface area (Å²) in [5.74, 6) is 3.46. The van der Waals surface area contributed by atoms with Crippen LogP contribution >= 0.6 is 0 Å². The average molecular weight is 475 g/mol. The molecule has 5 nitrogen and oxygen atoms in total. The summed E-state index contributed by atoms with van der Waals surface area (Å²) < 4.78 is 0. The van der Waals surface area contributed by atoms with Gasteiger partial charge in [0.05, 0.1) is 17.6 Å². The highest BCUT2D eigenvalue weighted by atomic mass is 16.3. The van der Waals surface area contributed by atoms with Gasteiger partial charge in [-0.1, -0.05) is 40.7 Å². The Kier molecular flexibility index (Phi) is 5.77. The number of hydrogen-bond donors (Lipinski definition) is 4. The van der Waals surface area contributed by atoms with Crippen LogP contribution in [-0.4, -0.2) is 50.1 Å². The molecule has 34 heavy (non-hydrogen) atoms. The van der Waals surface area contributed by atoms with E-state index in [9.17, 15) is 25.2 Å². The summed E-state index contributed by atoms with van der Waals surface area (Å²) in [7, 11) is 0. The predicted molar refractivity (Wildman–Crippen MR) is 131 cm³/mol. The molecule has 192 valence electrons. The van der Waals surface area contributed by atoms with Crippen LogP contribution in [0.3, 0.4) is 0 Å². The summed E-state index contributed by atoms with van der Waals surface area (Å²) in [5, 5.41) is 44.7. The molecule has 14 atom stereocenters. The molecule has 5 heteroatoms. The standard InChI is InChI=1S/C29H46O5/c1-14(2)15(3)17-11-18(17)16(4)20-7-8-21-19-12-24(32)29(34)10-9-22(30)26(33)28(29,6)25(19)23(31)13-27(20,21)5/h9-10,14-25,30-32,34H,7-8,11-13H2,1-6H3/t15-,16-,17+,18-,19+,20-,21+,22-,23-,24-,25-,27-,28+,29+/m1/s1. The first-order chi connectivity index (χ1) is 15.8. The third-order valence-corrected chi connectivity index (χ3v) is 12.3. The molecule has 0 heterocycles. The Hall–Kier alpha value is -0.750. The van der Waals surface area contributed by atoms with Crippen LogP contribution in [0.4, 0.5) is 0 Å². The Labute approximate surface area is 205 Å². The first-order valence-corrected chi connectivity index (χ1v) is 13.8. The topological polar surface area (TPSA) is 98.0 Å². The summed E-state index contributed by atoms with van der Waals surface area (Å²) >= 11 is 0. The lowest BCUT2D eigenvalue weighted by Gasteiger charge is -2.64. The van der Waals surface area contributed by atoms with Gasteiger partial charge in [0, 0.05) is 5.92 Å². The van der Waals surface area contributed by atoms with E-state index in [1.54, 1.807) is 6.92 Å². The van der Waals surface area contributed by atoms with Gasteiger partial charge in [-0.05, 0) is 97.9 Å². The molecule has 0 aromatic heterocycles. The molecule has 4 N–H and O–H groups in total. The van der Waals surface area contributed by atoms with E-state index in [0.29, 0.717) is 36.5 Å². The van der Waals surface area contributed by atoms with Gasteiger partial charge in [0.2, 0.25) is 0 Å². The van der Waals surface area contributed by atoms with Crippen molar-refractivity contribution in [3.8, 4) is 0 Å². The molecular formula is C29H46O5. The van der Waals surface area contributed by atoms with Gasteiger partial charge in [-0.3, -0.25) is 4.79 Å². The fourth-order valence-corrected chi connectivity index (χ4v) is 9.97. The van der Waals surface area contributed by atoms with Crippen molar-refractivity contribution in [3.05, 3.63) is 12.2 Å². The van der Waals surface area contributed by atoms with Crippen molar-refractivity contribution in [1.82, 2.24) is 0 Å². The quantitative estimate of drug-likeness (QED) is 0.467. The summed E-state index contributed by atoms with van der Waals surface area (Å²) in [6.45, 7) is 13.5. The highest BCUT2D eigenvalue weighted by Gasteiger charge is 2.72. The van der Waals surface area contributed by atoms with Crippen LogP contribution in [0, 0.1) is 64.1 Å². The molecule has 0 aliphatic heterocycles. The van der Waals surface area contributed by atoms with Crippen LogP contribution in [0.1, 0.15) is 73.6 Å². The van der Waals surface area contributed by atoms with Crippen LogP contribution in [0.25, 0.3) is 0 Å². The fourth-order valence-electron chi connectivity index (χ4n) is 9.97. The number of Topliss-reactive ketones (excluding diaryl/α,β-unsaturated/α-hetero) is 1. The third kappa shape index (κ3) is 3.09. The molecule has 5 rings (SSSR count). The molecule has 0 amide bonds. The minimum atomic E-state index is -1.75. The summed E-state index contributed by atoms with van der Waals surface area (Å²) in [4.78, 5) is 13.3. The Morgan fingerprint density at radius 1 is 1.00 bits per heavy atom. The fraction of sp³-hybridized carbons (Fsp3) is 0.897. The Balaban J connectivity index is 1.45. The van der Waals surface area contributed by atoms with Crippen molar-refractivity contribution in [2.24, 2.45) is 64.1 Å². The Bertz CT molecular complexity index is 869. The molecule has 5 aliphatic carbocycles. The van der Waals surface area contributed by atoms with E-state index in [-0.39, 0.29) is 11.3 Å². The van der Waals surface area contributed by atoms with Crippen LogP contribution in [-0.2, 0) is 4.79 Å². The van der Waals surface area contributed by atoms with E-state index in [2.05, 4.69) is 34.6 Å². The summed E-state index contributed by atoms with van der Waals surface area (Å²) in [5.41, 5.74) is -3.19. The number of hydrogen-bond acceptors (Lipinski definition) is 5. The minimum Gasteiger partial charge on any atom is -0.393 e. The third-order valence-electron chi connectivity index (χ3n) is 12.3. The van der Waals surface area contributed by atoms with Crippen LogP contribution in [0.15, 0.2) is 12.2 Å². The summed E-state index contributed by atoms with van der Waals surface area (Å²) in [6, 6.07) is 0. The lowest BCUT2D eigenvalue weighted by molar-refractivity contribution is -0.241. The monoisotopic (exact) mass is 474 g/mol. The van der Waals surface area contributed by atoms with E-state index >= 15 is 0 Å². The number of ketones is 1. The molecule has 0 radical (unpaired) electrons. The van der Waals surface area contributed by atoms with Gasteiger partial charge in [0.1, 0.15) is 11.7 Å². The van der Waals surface area contributed by atoms with Crippen molar-refractivity contribution >= 4 is 5.78 Å². The molecule has 5 aliphatic rings. The number of carbonyl (C=O) groups excluding carboxylic acids is 1. The molecule has 0 bridgehead atoms. The number of rotatable bonds is 4. The number of aliphatic hydroxyl groups is 4. The molecule has 0 spiro atoms. The first kappa shape index (κ1) is 24.9. The maximum atomic E-state index is 13.3. The van der Waals surface area contributed by atoms with Gasteiger partial charge >= 0.3 is 0 Å². The lowest BCUT2D eigenvalue weighted by atomic mass is 9.42. The zero-order valence-electron chi connectivity index (χ0n) is 21.8. The van der Waals surface area contributed by atoms with Gasteiger partial charge in [-0.15, -0.1) is 0 Å². The second-order valence-electron chi connectivity index (χ2n) is 13.7. The van der Waals surface area contributed by atoms with E-state index < -0.39 is 41.0 Å².